The lowest BCUT2D eigenvalue weighted by atomic mass is 10.1. The summed E-state index contributed by atoms with van der Waals surface area (Å²) < 4.78 is 6.73. The maximum Gasteiger partial charge on any atom is 0.323 e. The molecule has 4 amide bonds. The second-order valence-corrected chi connectivity index (χ2v) is 22.1. The number of unbranched alkanes of at least 4 members (excludes halogenated alkanes) is 8. The summed E-state index contributed by atoms with van der Waals surface area (Å²) in [5.74, 6) is 0. The summed E-state index contributed by atoms with van der Waals surface area (Å²) in [6, 6.07) is 29.0. The minimum Gasteiger partial charge on any atom is -1.00 e. The van der Waals surface area contributed by atoms with Crippen LogP contribution in [0.3, 0.4) is 0 Å². The van der Waals surface area contributed by atoms with Gasteiger partial charge in [-0.05, 0) is 148 Å². The summed E-state index contributed by atoms with van der Waals surface area (Å²) in [4.78, 5) is 23.4. The molecule has 0 aliphatic rings. The molecule has 0 saturated heterocycles. The molecule has 0 spiro atoms. The van der Waals surface area contributed by atoms with Crippen LogP contribution in [0.15, 0.2) is 115 Å². The maximum absolute atomic E-state index is 11.7. The normalized spacial score (nSPS) is 10.3. The Hall–Kier alpha value is -2.96. The number of anilines is 4. The van der Waals surface area contributed by atoms with Gasteiger partial charge in [0, 0.05) is 40.6 Å². The van der Waals surface area contributed by atoms with Gasteiger partial charge in [-0.25, -0.2) is 9.59 Å². The smallest absolute Gasteiger partial charge is 0.323 e. The molecule has 8 N–H and O–H groups in total. The first kappa shape index (κ1) is 77.5. The van der Waals surface area contributed by atoms with Crippen molar-refractivity contribution in [2.24, 2.45) is 0 Å². The van der Waals surface area contributed by atoms with Crippen LogP contribution in [0, 0.1) is 0 Å². The molecule has 74 heavy (non-hydrogen) atoms. The Balaban J connectivity index is -0.000000434. The van der Waals surface area contributed by atoms with E-state index in [4.69, 9.17) is 0 Å². The summed E-state index contributed by atoms with van der Waals surface area (Å²) in [5, 5.41) is 11.0. The van der Waals surface area contributed by atoms with Crippen molar-refractivity contribution in [3.63, 3.8) is 0 Å². The van der Waals surface area contributed by atoms with Crippen molar-refractivity contribution in [1.29, 1.82) is 0 Å². The van der Waals surface area contributed by atoms with E-state index in [2.05, 4.69) is 140 Å². The maximum atomic E-state index is 11.7. The zero-order valence-electron chi connectivity index (χ0n) is 46.2. The number of quaternary nitrogens is 2. The van der Waals surface area contributed by atoms with Gasteiger partial charge in [-0.1, -0.05) is 170 Å². The first-order valence-electron chi connectivity index (χ1n) is 26.6. The average Bonchev–Trinajstić information content (AvgIpc) is 3.36. The Morgan fingerprint density at radius 3 is 0.568 bits per heavy atom. The average molecular weight is 1300 g/mol. The van der Waals surface area contributed by atoms with Gasteiger partial charge in [-0.15, -0.1) is 0 Å². The largest absolute Gasteiger partial charge is 1.00 e. The fourth-order valence-electron chi connectivity index (χ4n) is 8.01. The number of amides is 4. The molecule has 0 bridgehead atoms. The molecule has 10 nitrogen and oxygen atoms in total. The Kier molecular flexibility index (Phi) is 50.7. The van der Waals surface area contributed by atoms with Crippen molar-refractivity contribution in [2.75, 3.05) is 73.6 Å². The van der Waals surface area contributed by atoms with Gasteiger partial charge < -0.3 is 50.6 Å². The van der Waals surface area contributed by atoms with Crippen LogP contribution in [0.2, 0.25) is 0 Å². The molecular weight excluding hydrogens is 1200 g/mol. The van der Waals surface area contributed by atoms with E-state index in [1.807, 2.05) is 97.1 Å². The molecule has 0 heterocycles. The molecule has 0 saturated carbocycles. The molecule has 4 rings (SSSR count). The molecule has 0 unspecified atom stereocenters. The summed E-state index contributed by atoms with van der Waals surface area (Å²) in [7, 11) is 0. The highest BCUT2D eigenvalue weighted by atomic mass is 79.9. The highest BCUT2D eigenvalue weighted by Crippen LogP contribution is 2.21. The van der Waals surface area contributed by atoms with Gasteiger partial charge in [-0.2, -0.15) is 0 Å². The number of hydrogen-bond acceptors (Lipinski definition) is 2. The van der Waals surface area contributed by atoms with Crippen molar-refractivity contribution < 1.29 is 38.9 Å². The first-order chi connectivity index (χ1) is 33.7. The zero-order valence-corrected chi connectivity index (χ0v) is 52.5. The SMILES string of the molecule is CCCC[N+](CCCC)(CCCC)CCCC.CCCC[N+](CCCC)(CCCC)CCCC.O.O.O=C(Nc1ccc(Br)cc1)Nc1ccc(Br)cc1.O=C(Nc1ccc(Br)cc1)Nc1ccc(Br)cc1.[F-].[F-]. The van der Waals surface area contributed by atoms with Crippen LogP contribution in [0.5, 0.6) is 0 Å². The van der Waals surface area contributed by atoms with Gasteiger partial charge in [0.25, 0.3) is 0 Å². The van der Waals surface area contributed by atoms with Gasteiger partial charge >= 0.3 is 12.1 Å². The third-order valence-electron chi connectivity index (χ3n) is 12.3. The molecule has 0 radical (unpaired) electrons. The molecule has 4 aromatic rings. The number of benzene rings is 4. The third-order valence-corrected chi connectivity index (χ3v) is 14.4. The van der Waals surface area contributed by atoms with Crippen molar-refractivity contribution in [3.8, 4) is 0 Å². The molecule has 0 atom stereocenters. The topological polar surface area (TPSA) is 145 Å². The highest BCUT2D eigenvalue weighted by molar-refractivity contribution is 9.11. The number of urea groups is 2. The van der Waals surface area contributed by atoms with Gasteiger partial charge in [-0.3, -0.25) is 0 Å². The van der Waals surface area contributed by atoms with Crippen molar-refractivity contribution in [1.82, 2.24) is 0 Å². The molecule has 0 aliphatic heterocycles. The van der Waals surface area contributed by atoms with Gasteiger partial charge in [0.15, 0.2) is 0 Å². The van der Waals surface area contributed by atoms with Crippen LogP contribution in [-0.2, 0) is 0 Å². The highest BCUT2D eigenvalue weighted by Gasteiger charge is 2.26. The third kappa shape index (κ3) is 36.9. The summed E-state index contributed by atoms with van der Waals surface area (Å²) in [6.07, 6.45) is 22.1. The molecule has 16 heteroatoms. The number of hydrogen-bond donors (Lipinski definition) is 4. The number of carbonyl (C=O) groups is 2. The Bertz CT molecular complexity index is 1610. The molecule has 4 aromatic carbocycles. The first-order valence-corrected chi connectivity index (χ1v) is 29.8. The van der Waals surface area contributed by atoms with E-state index in [9.17, 15) is 9.59 Å². The Labute approximate surface area is 480 Å². The monoisotopic (exact) mass is 1290 g/mol. The zero-order chi connectivity index (χ0) is 51.9. The van der Waals surface area contributed by atoms with Gasteiger partial charge in [0.2, 0.25) is 0 Å². The predicted octanol–water partition coefficient (Wildman–Crippen LogP) is 12.1. The summed E-state index contributed by atoms with van der Waals surface area (Å²) in [6.45, 7) is 30.0. The lowest BCUT2D eigenvalue weighted by Crippen LogP contribution is -3.00. The number of rotatable bonds is 28. The van der Waals surface area contributed by atoms with Crippen LogP contribution in [0.25, 0.3) is 0 Å². The number of nitrogens with zero attached hydrogens (tertiary/aromatic N) is 2. The molecule has 0 aliphatic carbocycles. The van der Waals surface area contributed by atoms with E-state index in [1.165, 1.54) is 164 Å². The van der Waals surface area contributed by atoms with Gasteiger partial charge in [0.1, 0.15) is 0 Å². The van der Waals surface area contributed by atoms with Crippen LogP contribution in [-0.4, -0.2) is 84.3 Å². The van der Waals surface area contributed by atoms with E-state index in [0.29, 0.717) is 0 Å². The van der Waals surface area contributed by atoms with E-state index < -0.39 is 0 Å². The second-order valence-electron chi connectivity index (χ2n) is 18.5. The van der Waals surface area contributed by atoms with E-state index >= 15 is 0 Å². The second kappa shape index (κ2) is 48.4. The molecule has 0 fully saturated rings. The quantitative estimate of drug-likeness (QED) is 0.0420. The van der Waals surface area contributed by atoms with E-state index in [-0.39, 0.29) is 32.4 Å². The molecular formula is C58H96Br4F2N6O4. The fraction of sp³-hybridized carbons (Fsp3) is 0.552. The number of halogens is 6. The Morgan fingerprint density at radius 1 is 0.311 bits per heavy atom. The van der Waals surface area contributed by atoms with Crippen molar-refractivity contribution in [3.05, 3.63) is 115 Å². The lowest BCUT2D eigenvalue weighted by Gasteiger charge is -2.39. The summed E-state index contributed by atoms with van der Waals surface area (Å²) >= 11 is 13.4. The lowest BCUT2D eigenvalue weighted by molar-refractivity contribution is -0.929. The standard InChI is InChI=1S/2C16H36N.2C13H10Br2N2O.2FH.2H2O/c2*1-5-9-13-17(14-10-6-2,15-11-7-3)16-12-8-4;2*14-9-1-5-11(6-2-9)16-13(18)17-12-7-3-10(15)4-8-12;;;;/h2*5-16H2,1-4H3;2*1-8H,(H2,16,17,18);2*1H;2*1H2/q2*+1;;;;;;/p-2. The number of carbonyl (C=O) groups excluding carboxylic acids is 2. The molecule has 424 valence electrons. The molecule has 0 aromatic heterocycles. The van der Waals surface area contributed by atoms with Crippen molar-refractivity contribution in [2.45, 2.75) is 158 Å². The number of nitrogens with one attached hydrogen (secondary N) is 4. The van der Waals surface area contributed by atoms with Crippen LogP contribution in [0.1, 0.15) is 158 Å². The minimum absolute atomic E-state index is 0. The van der Waals surface area contributed by atoms with Crippen molar-refractivity contribution >= 4 is 98.5 Å². The summed E-state index contributed by atoms with van der Waals surface area (Å²) in [5.41, 5.74) is 2.97. The van der Waals surface area contributed by atoms with E-state index in [1.54, 1.807) is 0 Å². The fourth-order valence-corrected chi connectivity index (χ4v) is 9.07. The van der Waals surface area contributed by atoms with Gasteiger partial charge in [0.05, 0.1) is 52.4 Å². The Morgan fingerprint density at radius 2 is 0.446 bits per heavy atom. The minimum atomic E-state index is -0.264. The van der Waals surface area contributed by atoms with Crippen LogP contribution in [0.4, 0.5) is 32.3 Å². The predicted molar refractivity (Wildman–Crippen MR) is 328 cm³/mol. The van der Waals surface area contributed by atoms with E-state index in [0.717, 1.165) is 40.6 Å². The van der Waals surface area contributed by atoms with Crippen LogP contribution < -0.4 is 30.7 Å². The van der Waals surface area contributed by atoms with Crippen LogP contribution >= 0.6 is 63.7 Å².